The van der Waals surface area contributed by atoms with Crippen molar-refractivity contribution in [2.24, 2.45) is 0 Å². The summed E-state index contributed by atoms with van der Waals surface area (Å²) in [5, 5.41) is 0. The van der Waals surface area contributed by atoms with Gasteiger partial charge in [0.25, 0.3) is 0 Å². The van der Waals surface area contributed by atoms with Crippen LogP contribution in [0.4, 0.5) is 0 Å². The molecule has 4 nitrogen and oxygen atoms in total. The second-order valence-electron chi connectivity index (χ2n) is 4.34. The van der Waals surface area contributed by atoms with Crippen LogP contribution in [0.15, 0.2) is 42.5 Å². The summed E-state index contributed by atoms with van der Waals surface area (Å²) < 4.78 is 22.4. The Balaban J connectivity index is 1.71. The fourth-order valence-corrected chi connectivity index (χ4v) is 2.17. The highest BCUT2D eigenvalue weighted by Gasteiger charge is 2.35. The van der Waals surface area contributed by atoms with Crippen molar-refractivity contribution in [3.63, 3.8) is 0 Å². The number of ether oxygens (including phenoxy) is 4. The topological polar surface area (TPSA) is 36.9 Å². The van der Waals surface area contributed by atoms with E-state index >= 15 is 0 Å². The highest BCUT2D eigenvalue weighted by Crippen LogP contribution is 2.30. The smallest absolute Gasteiger partial charge is 0.184 e. The van der Waals surface area contributed by atoms with Gasteiger partial charge in [-0.05, 0) is 6.08 Å². The van der Waals surface area contributed by atoms with Crippen LogP contribution in [-0.2, 0) is 18.9 Å². The number of hydrogen-bond acceptors (Lipinski definition) is 4. The van der Waals surface area contributed by atoms with Gasteiger partial charge < -0.3 is 18.9 Å². The predicted molar refractivity (Wildman–Crippen MR) is 64.8 cm³/mol. The third-order valence-electron chi connectivity index (χ3n) is 3.13. The third-order valence-corrected chi connectivity index (χ3v) is 3.13. The molecule has 2 heterocycles. The zero-order valence-electron chi connectivity index (χ0n) is 10.2. The fourth-order valence-electron chi connectivity index (χ4n) is 2.17. The van der Waals surface area contributed by atoms with Crippen LogP contribution in [0.25, 0.3) is 0 Å². The monoisotopic (exact) mass is 248 g/mol. The lowest BCUT2D eigenvalue weighted by Gasteiger charge is -2.38. The Kier molecular flexibility index (Phi) is 3.43. The maximum Gasteiger partial charge on any atom is 0.184 e. The van der Waals surface area contributed by atoms with E-state index in [0.29, 0.717) is 6.61 Å². The Morgan fingerprint density at radius 3 is 2.72 bits per heavy atom. The molecule has 0 spiro atoms. The van der Waals surface area contributed by atoms with Gasteiger partial charge >= 0.3 is 0 Å². The van der Waals surface area contributed by atoms with Gasteiger partial charge in [-0.25, -0.2) is 0 Å². The normalized spacial score (nSPS) is 35.2. The molecule has 0 amide bonds. The molecule has 4 heteroatoms. The molecule has 0 radical (unpaired) electrons. The molecule has 0 aliphatic carbocycles. The van der Waals surface area contributed by atoms with E-state index < -0.39 is 0 Å². The molecule has 4 atom stereocenters. The Labute approximate surface area is 106 Å². The molecule has 1 aromatic rings. The number of benzene rings is 1. The van der Waals surface area contributed by atoms with Gasteiger partial charge in [-0.3, -0.25) is 0 Å². The van der Waals surface area contributed by atoms with Crippen LogP contribution in [0.5, 0.6) is 0 Å². The van der Waals surface area contributed by atoms with Crippen molar-refractivity contribution in [2.45, 2.75) is 24.8 Å². The van der Waals surface area contributed by atoms with Crippen molar-refractivity contribution >= 4 is 0 Å². The van der Waals surface area contributed by atoms with E-state index in [9.17, 15) is 0 Å². The van der Waals surface area contributed by atoms with Crippen molar-refractivity contribution in [2.75, 3.05) is 13.7 Å². The predicted octanol–water partition coefficient (Wildman–Crippen LogP) is 2.03. The lowest BCUT2D eigenvalue weighted by atomic mass is 10.1. The molecule has 96 valence electrons. The van der Waals surface area contributed by atoms with Crippen molar-refractivity contribution in [1.29, 1.82) is 0 Å². The minimum Gasteiger partial charge on any atom is -0.352 e. The minimum atomic E-state index is -0.320. The SMILES string of the molecule is COC1C=CC2OC(c3ccccc3)OCC2O1. The van der Waals surface area contributed by atoms with Crippen molar-refractivity contribution in [3.8, 4) is 0 Å². The fraction of sp³-hybridized carbons (Fsp3) is 0.429. The Morgan fingerprint density at radius 1 is 1.11 bits per heavy atom. The summed E-state index contributed by atoms with van der Waals surface area (Å²) in [5.74, 6) is 0. The van der Waals surface area contributed by atoms with Crippen LogP contribution < -0.4 is 0 Å². The van der Waals surface area contributed by atoms with Gasteiger partial charge in [-0.1, -0.05) is 36.4 Å². The number of rotatable bonds is 2. The standard InChI is InChI=1S/C14H16O4/c1-15-13-8-7-11-12(17-13)9-16-14(18-11)10-5-3-2-4-6-10/h2-8,11-14H,9H2,1H3. The van der Waals surface area contributed by atoms with E-state index in [2.05, 4.69) is 0 Å². The first kappa shape index (κ1) is 11.9. The average Bonchev–Trinajstić information content (AvgIpc) is 2.47. The summed E-state index contributed by atoms with van der Waals surface area (Å²) >= 11 is 0. The molecule has 18 heavy (non-hydrogen) atoms. The quantitative estimate of drug-likeness (QED) is 0.750. The van der Waals surface area contributed by atoms with E-state index in [1.807, 2.05) is 42.5 Å². The summed E-state index contributed by atoms with van der Waals surface area (Å²) in [6.07, 6.45) is 3.07. The number of methoxy groups -OCH3 is 1. The lowest BCUT2D eigenvalue weighted by molar-refractivity contribution is -0.280. The van der Waals surface area contributed by atoms with Crippen LogP contribution >= 0.6 is 0 Å². The average molecular weight is 248 g/mol. The van der Waals surface area contributed by atoms with Crippen LogP contribution in [0, 0.1) is 0 Å². The largest absolute Gasteiger partial charge is 0.352 e. The van der Waals surface area contributed by atoms with Crippen LogP contribution in [-0.4, -0.2) is 32.2 Å². The molecule has 2 aliphatic rings. The molecule has 0 N–H and O–H groups in total. The zero-order valence-corrected chi connectivity index (χ0v) is 10.2. The summed E-state index contributed by atoms with van der Waals surface area (Å²) in [7, 11) is 1.62. The van der Waals surface area contributed by atoms with Crippen LogP contribution in [0.3, 0.4) is 0 Å². The molecule has 1 saturated heterocycles. The van der Waals surface area contributed by atoms with Gasteiger partial charge in [0, 0.05) is 12.7 Å². The van der Waals surface area contributed by atoms with Crippen molar-refractivity contribution < 1.29 is 18.9 Å². The molecule has 1 aromatic carbocycles. The maximum atomic E-state index is 5.88. The van der Waals surface area contributed by atoms with E-state index in [0.717, 1.165) is 5.56 Å². The van der Waals surface area contributed by atoms with Gasteiger partial charge in [-0.15, -0.1) is 0 Å². The Morgan fingerprint density at radius 2 is 1.94 bits per heavy atom. The molecular formula is C14H16O4. The maximum absolute atomic E-state index is 5.88. The highest BCUT2D eigenvalue weighted by molar-refractivity contribution is 5.17. The van der Waals surface area contributed by atoms with Gasteiger partial charge in [0.05, 0.1) is 6.61 Å². The van der Waals surface area contributed by atoms with Gasteiger partial charge in [-0.2, -0.15) is 0 Å². The van der Waals surface area contributed by atoms with Gasteiger partial charge in [0.15, 0.2) is 12.6 Å². The second-order valence-corrected chi connectivity index (χ2v) is 4.34. The molecule has 0 saturated carbocycles. The summed E-state index contributed by atoms with van der Waals surface area (Å²) in [6.45, 7) is 0.508. The zero-order chi connectivity index (χ0) is 12.4. The van der Waals surface area contributed by atoms with Crippen LogP contribution in [0.2, 0.25) is 0 Å². The first-order valence-corrected chi connectivity index (χ1v) is 6.05. The van der Waals surface area contributed by atoms with Crippen molar-refractivity contribution in [3.05, 3.63) is 48.0 Å². The second kappa shape index (κ2) is 5.20. The third kappa shape index (κ3) is 2.33. The van der Waals surface area contributed by atoms with E-state index in [-0.39, 0.29) is 24.8 Å². The highest BCUT2D eigenvalue weighted by atomic mass is 16.7. The summed E-state index contributed by atoms with van der Waals surface area (Å²) in [6, 6.07) is 9.92. The van der Waals surface area contributed by atoms with Gasteiger partial charge in [0.1, 0.15) is 12.2 Å². The van der Waals surface area contributed by atoms with E-state index in [1.54, 1.807) is 7.11 Å². The Bertz CT molecular complexity index is 417. The minimum absolute atomic E-state index is 0.0737. The first-order valence-electron chi connectivity index (χ1n) is 6.05. The molecule has 1 fully saturated rings. The lowest BCUT2D eigenvalue weighted by Crippen LogP contribution is -2.45. The van der Waals surface area contributed by atoms with Crippen LogP contribution in [0.1, 0.15) is 11.9 Å². The number of fused-ring (bicyclic) bond motifs is 1. The number of hydrogen-bond donors (Lipinski definition) is 0. The van der Waals surface area contributed by atoms with E-state index in [4.69, 9.17) is 18.9 Å². The van der Waals surface area contributed by atoms with Gasteiger partial charge in [0.2, 0.25) is 0 Å². The molecule has 2 aliphatic heterocycles. The summed E-state index contributed by atoms with van der Waals surface area (Å²) in [5.41, 5.74) is 1.03. The molecule has 3 rings (SSSR count). The molecule has 0 aromatic heterocycles. The molecule has 0 bridgehead atoms. The Hall–Kier alpha value is -1.20. The molecular weight excluding hydrogens is 232 g/mol. The first-order chi connectivity index (χ1) is 8.86. The van der Waals surface area contributed by atoms with Crippen molar-refractivity contribution in [1.82, 2.24) is 0 Å². The molecule has 4 unspecified atom stereocenters. The van der Waals surface area contributed by atoms with E-state index in [1.165, 1.54) is 0 Å². The summed E-state index contributed by atoms with van der Waals surface area (Å²) in [4.78, 5) is 0.